The molecule has 2 rings (SSSR count). The number of nitrogens with one attached hydrogen (secondary N) is 1. The fourth-order valence-electron chi connectivity index (χ4n) is 2.14. The molecular weight excluding hydrogens is 346 g/mol. The second-order valence-corrected chi connectivity index (χ2v) is 6.58. The normalized spacial score (nSPS) is 10.3. The topological polar surface area (TPSA) is 55.4 Å². The van der Waals surface area contributed by atoms with E-state index in [1.807, 2.05) is 44.4 Å². The number of hydrogen-bond acceptors (Lipinski definition) is 4. The third kappa shape index (κ3) is 4.76. The lowest BCUT2D eigenvalue weighted by Gasteiger charge is -2.10. The average molecular weight is 364 g/mol. The number of ether oxygens (including phenoxy) is 1. The van der Waals surface area contributed by atoms with E-state index in [0.717, 1.165) is 16.0 Å². The molecule has 0 aliphatic rings. The van der Waals surface area contributed by atoms with Crippen LogP contribution in [0.25, 0.3) is 0 Å². The largest absolute Gasteiger partial charge is 0.452 e. The maximum absolute atomic E-state index is 12.1. The molecule has 24 heavy (non-hydrogen) atoms. The van der Waals surface area contributed by atoms with Crippen molar-refractivity contribution in [1.29, 1.82) is 0 Å². The fourth-order valence-corrected chi connectivity index (χ4v) is 2.77. The first-order chi connectivity index (χ1) is 11.4. The molecule has 0 aliphatic heterocycles. The van der Waals surface area contributed by atoms with Crippen molar-refractivity contribution in [3.05, 3.63) is 58.1 Å². The Morgan fingerprint density at radius 2 is 1.92 bits per heavy atom. The molecule has 4 nitrogen and oxygen atoms in total. The van der Waals surface area contributed by atoms with Crippen LogP contribution >= 0.6 is 23.4 Å². The van der Waals surface area contributed by atoms with Crippen molar-refractivity contribution >= 4 is 40.9 Å². The number of amides is 1. The Balaban J connectivity index is 1.97. The van der Waals surface area contributed by atoms with Crippen molar-refractivity contribution in [2.45, 2.75) is 18.7 Å². The van der Waals surface area contributed by atoms with Crippen LogP contribution in [0.1, 0.15) is 21.5 Å². The van der Waals surface area contributed by atoms with Gasteiger partial charge in [0.2, 0.25) is 0 Å². The van der Waals surface area contributed by atoms with Gasteiger partial charge in [0.05, 0.1) is 10.6 Å². The van der Waals surface area contributed by atoms with E-state index in [4.69, 9.17) is 16.3 Å². The summed E-state index contributed by atoms with van der Waals surface area (Å²) in [6, 6.07) is 10.8. The van der Waals surface area contributed by atoms with Crippen LogP contribution in [0.5, 0.6) is 0 Å². The highest BCUT2D eigenvalue weighted by Gasteiger charge is 2.15. The van der Waals surface area contributed by atoms with Gasteiger partial charge in [0.25, 0.3) is 5.91 Å². The molecule has 0 spiro atoms. The summed E-state index contributed by atoms with van der Waals surface area (Å²) >= 11 is 7.51. The molecule has 0 atom stereocenters. The number of aryl methyl sites for hydroxylation is 2. The van der Waals surface area contributed by atoms with E-state index in [0.29, 0.717) is 10.7 Å². The SMILES string of the molecule is CSc1ccc(Cl)c(C(=O)OCC(=O)Nc2ccc(C)cc2C)c1. The Kier molecular flexibility index (Phi) is 6.29. The van der Waals surface area contributed by atoms with Gasteiger partial charge in [0, 0.05) is 10.6 Å². The first-order valence-corrected chi connectivity index (χ1v) is 8.88. The minimum absolute atomic E-state index is 0.253. The molecule has 2 aromatic rings. The number of carbonyl (C=O) groups excluding carboxylic acids is 2. The van der Waals surface area contributed by atoms with Gasteiger partial charge in [-0.25, -0.2) is 4.79 Å². The second-order valence-electron chi connectivity index (χ2n) is 5.29. The van der Waals surface area contributed by atoms with Crippen LogP contribution in [0.15, 0.2) is 41.3 Å². The van der Waals surface area contributed by atoms with E-state index < -0.39 is 11.9 Å². The van der Waals surface area contributed by atoms with E-state index in [-0.39, 0.29) is 12.2 Å². The summed E-state index contributed by atoms with van der Waals surface area (Å²) in [6.45, 7) is 3.51. The van der Waals surface area contributed by atoms with E-state index in [1.54, 1.807) is 12.1 Å². The van der Waals surface area contributed by atoms with Crippen molar-refractivity contribution in [2.24, 2.45) is 0 Å². The zero-order valence-electron chi connectivity index (χ0n) is 13.7. The Bertz CT molecular complexity index is 777. The zero-order valence-corrected chi connectivity index (χ0v) is 15.3. The number of hydrogen-bond donors (Lipinski definition) is 1. The highest BCUT2D eigenvalue weighted by molar-refractivity contribution is 7.98. The van der Waals surface area contributed by atoms with Gasteiger partial charge in [0.15, 0.2) is 6.61 Å². The van der Waals surface area contributed by atoms with Crippen molar-refractivity contribution in [1.82, 2.24) is 0 Å². The summed E-state index contributed by atoms with van der Waals surface area (Å²) in [7, 11) is 0. The summed E-state index contributed by atoms with van der Waals surface area (Å²) in [5, 5.41) is 3.03. The van der Waals surface area contributed by atoms with Gasteiger partial charge in [-0.2, -0.15) is 0 Å². The molecule has 0 unspecified atom stereocenters. The molecule has 0 aromatic heterocycles. The Morgan fingerprint density at radius 1 is 1.17 bits per heavy atom. The lowest BCUT2D eigenvalue weighted by Crippen LogP contribution is -2.21. The lowest BCUT2D eigenvalue weighted by molar-refractivity contribution is -0.119. The van der Waals surface area contributed by atoms with Crippen LogP contribution in [0.3, 0.4) is 0 Å². The van der Waals surface area contributed by atoms with Crippen LogP contribution in [-0.4, -0.2) is 24.7 Å². The summed E-state index contributed by atoms with van der Waals surface area (Å²) in [4.78, 5) is 25.0. The molecule has 126 valence electrons. The summed E-state index contributed by atoms with van der Waals surface area (Å²) in [5.41, 5.74) is 3.01. The third-order valence-corrected chi connectivity index (χ3v) is 4.44. The Labute approximate surface area is 150 Å². The Morgan fingerprint density at radius 3 is 2.58 bits per heavy atom. The zero-order chi connectivity index (χ0) is 17.7. The van der Waals surface area contributed by atoms with Gasteiger partial charge in [-0.15, -0.1) is 11.8 Å². The molecule has 2 aromatic carbocycles. The van der Waals surface area contributed by atoms with Gasteiger partial charge in [-0.05, 0) is 49.9 Å². The number of carbonyl (C=O) groups is 2. The molecule has 0 bridgehead atoms. The van der Waals surface area contributed by atoms with Crippen LogP contribution in [0, 0.1) is 13.8 Å². The molecular formula is C18H18ClNO3S. The first-order valence-electron chi connectivity index (χ1n) is 7.28. The summed E-state index contributed by atoms with van der Waals surface area (Å²) in [5.74, 6) is -1.01. The maximum Gasteiger partial charge on any atom is 0.340 e. The van der Waals surface area contributed by atoms with Crippen molar-refractivity contribution < 1.29 is 14.3 Å². The molecule has 0 radical (unpaired) electrons. The fraction of sp³-hybridized carbons (Fsp3) is 0.222. The molecule has 0 saturated carbocycles. The van der Waals surface area contributed by atoms with Crippen LogP contribution in [0.2, 0.25) is 5.02 Å². The highest BCUT2D eigenvalue weighted by Crippen LogP contribution is 2.23. The standard InChI is InChI=1S/C18H18ClNO3S/c1-11-4-7-16(12(2)8-11)20-17(21)10-23-18(22)14-9-13(24-3)5-6-15(14)19/h4-9H,10H2,1-3H3,(H,20,21). The number of esters is 1. The molecule has 6 heteroatoms. The average Bonchev–Trinajstić information content (AvgIpc) is 2.55. The smallest absolute Gasteiger partial charge is 0.340 e. The molecule has 0 aliphatic carbocycles. The maximum atomic E-state index is 12.1. The number of rotatable bonds is 5. The number of benzene rings is 2. The molecule has 1 N–H and O–H groups in total. The summed E-state index contributed by atoms with van der Waals surface area (Å²) in [6.07, 6.45) is 1.90. The van der Waals surface area contributed by atoms with Gasteiger partial charge in [-0.1, -0.05) is 29.3 Å². The molecule has 0 heterocycles. The summed E-state index contributed by atoms with van der Waals surface area (Å²) < 4.78 is 5.06. The molecule has 0 fully saturated rings. The van der Waals surface area contributed by atoms with Crippen molar-refractivity contribution in [3.63, 3.8) is 0 Å². The number of anilines is 1. The Hall–Kier alpha value is -1.98. The first kappa shape index (κ1) is 18.4. The monoisotopic (exact) mass is 363 g/mol. The van der Waals surface area contributed by atoms with Crippen molar-refractivity contribution in [2.75, 3.05) is 18.2 Å². The van der Waals surface area contributed by atoms with E-state index >= 15 is 0 Å². The highest BCUT2D eigenvalue weighted by atomic mass is 35.5. The van der Waals surface area contributed by atoms with Crippen LogP contribution in [-0.2, 0) is 9.53 Å². The van der Waals surface area contributed by atoms with Crippen molar-refractivity contribution in [3.8, 4) is 0 Å². The quantitative estimate of drug-likeness (QED) is 0.628. The number of halogens is 1. The van der Waals surface area contributed by atoms with E-state index in [2.05, 4.69) is 5.32 Å². The van der Waals surface area contributed by atoms with Crippen LogP contribution in [0.4, 0.5) is 5.69 Å². The van der Waals surface area contributed by atoms with Gasteiger partial charge < -0.3 is 10.1 Å². The number of thioether (sulfide) groups is 1. The third-order valence-electron chi connectivity index (χ3n) is 3.38. The van der Waals surface area contributed by atoms with Crippen LogP contribution < -0.4 is 5.32 Å². The minimum atomic E-state index is -0.619. The lowest BCUT2D eigenvalue weighted by atomic mass is 10.1. The predicted molar refractivity (Wildman–Crippen MR) is 98.1 cm³/mol. The molecule has 0 saturated heterocycles. The van der Waals surface area contributed by atoms with E-state index in [9.17, 15) is 9.59 Å². The second kappa shape index (κ2) is 8.22. The molecule has 1 amide bonds. The van der Waals surface area contributed by atoms with E-state index in [1.165, 1.54) is 11.8 Å². The minimum Gasteiger partial charge on any atom is -0.452 e. The van der Waals surface area contributed by atoms with Gasteiger partial charge in [0.1, 0.15) is 0 Å². The predicted octanol–water partition coefficient (Wildman–Crippen LogP) is 4.47. The van der Waals surface area contributed by atoms with Gasteiger partial charge >= 0.3 is 5.97 Å². The van der Waals surface area contributed by atoms with Gasteiger partial charge in [-0.3, -0.25) is 4.79 Å².